The molecule has 2 rings (SSSR count). The molecular weight excluding hydrogens is 377 g/mol. The summed E-state index contributed by atoms with van der Waals surface area (Å²) in [5.74, 6) is -2.85. The van der Waals surface area contributed by atoms with Crippen LogP contribution in [0.1, 0.15) is 22.6 Å². The summed E-state index contributed by atoms with van der Waals surface area (Å²) < 4.78 is 41.0. The molecule has 0 saturated carbocycles. The Morgan fingerprint density at radius 3 is 2.46 bits per heavy atom. The van der Waals surface area contributed by atoms with Crippen LogP contribution in [0.3, 0.4) is 0 Å². The minimum atomic E-state index is -5.17. The van der Waals surface area contributed by atoms with Crippen molar-refractivity contribution in [2.75, 3.05) is 0 Å². The zero-order valence-electron chi connectivity index (χ0n) is 13.3. The zero-order chi connectivity index (χ0) is 19.5. The first-order chi connectivity index (χ1) is 12.1. The third-order valence-electron chi connectivity index (χ3n) is 3.51. The van der Waals surface area contributed by atoms with Crippen molar-refractivity contribution >= 4 is 23.4 Å². The van der Waals surface area contributed by atoms with Crippen molar-refractivity contribution in [1.82, 2.24) is 20.4 Å². The third-order valence-corrected chi connectivity index (χ3v) is 3.84. The van der Waals surface area contributed by atoms with E-state index in [9.17, 15) is 27.9 Å². The summed E-state index contributed by atoms with van der Waals surface area (Å²) >= 11 is 5.81. The maximum atomic E-state index is 13.3. The van der Waals surface area contributed by atoms with Gasteiger partial charge in [0.1, 0.15) is 0 Å². The number of carbonyl (C=O) groups is 2. The van der Waals surface area contributed by atoms with E-state index in [0.717, 1.165) is 10.8 Å². The molecule has 0 bridgehead atoms. The molecule has 0 radical (unpaired) electrons. The summed E-state index contributed by atoms with van der Waals surface area (Å²) in [7, 11) is 1.25. The Bertz CT molecular complexity index is 824. The molecule has 26 heavy (non-hydrogen) atoms. The number of amides is 2. The first-order valence-corrected chi connectivity index (χ1v) is 7.54. The number of aryl methyl sites for hydroxylation is 1. The average molecular weight is 391 g/mol. The smallest absolute Gasteiger partial charge is 0.374 e. The number of hydrogen-bond acceptors (Lipinski definition) is 4. The summed E-state index contributed by atoms with van der Waals surface area (Å²) in [6, 6.07) is 5.89. The molecule has 1 aromatic carbocycles. The maximum absolute atomic E-state index is 13.3. The van der Waals surface area contributed by atoms with Crippen molar-refractivity contribution in [2.24, 2.45) is 7.05 Å². The fourth-order valence-electron chi connectivity index (χ4n) is 2.19. The van der Waals surface area contributed by atoms with Crippen LogP contribution in [0.15, 0.2) is 36.7 Å². The summed E-state index contributed by atoms with van der Waals surface area (Å²) in [6.45, 7) is 0. The highest BCUT2D eigenvalue weighted by Gasteiger charge is 2.58. The number of imidazole rings is 1. The van der Waals surface area contributed by atoms with Crippen LogP contribution in [-0.4, -0.2) is 32.6 Å². The standard InChI is InChI=1S/C15H14ClF3N4O3/c1-23-7-6-20-13(23)14(26,15(17,18)19)8-11(24)21-22-12(25)9-4-2-3-5-10(9)16/h2-7,26H,8H2,1H3,(H,21,24)(H,22,25). The first-order valence-electron chi connectivity index (χ1n) is 7.17. The van der Waals surface area contributed by atoms with E-state index >= 15 is 0 Å². The van der Waals surface area contributed by atoms with Crippen molar-refractivity contribution in [3.8, 4) is 0 Å². The Morgan fingerprint density at radius 1 is 1.27 bits per heavy atom. The summed E-state index contributed by atoms with van der Waals surface area (Å²) in [4.78, 5) is 27.3. The van der Waals surface area contributed by atoms with Crippen LogP contribution in [0.2, 0.25) is 5.02 Å². The van der Waals surface area contributed by atoms with E-state index in [1.54, 1.807) is 6.07 Å². The van der Waals surface area contributed by atoms with Gasteiger partial charge in [0.25, 0.3) is 5.91 Å². The van der Waals surface area contributed by atoms with Gasteiger partial charge in [0.05, 0.1) is 17.0 Å². The van der Waals surface area contributed by atoms with E-state index in [-0.39, 0.29) is 10.6 Å². The first kappa shape index (κ1) is 19.7. The molecular formula is C15H14ClF3N4O3. The van der Waals surface area contributed by atoms with E-state index < -0.39 is 35.8 Å². The van der Waals surface area contributed by atoms with Crippen molar-refractivity contribution in [2.45, 2.75) is 18.2 Å². The van der Waals surface area contributed by atoms with Gasteiger partial charge >= 0.3 is 6.18 Å². The highest BCUT2D eigenvalue weighted by atomic mass is 35.5. The molecule has 0 fully saturated rings. The van der Waals surface area contributed by atoms with E-state index in [2.05, 4.69) is 4.98 Å². The lowest BCUT2D eigenvalue weighted by Crippen LogP contribution is -2.50. The second-order valence-electron chi connectivity index (χ2n) is 5.38. The number of carbonyl (C=O) groups excluding carboxylic acids is 2. The van der Waals surface area contributed by atoms with Crippen LogP contribution in [0.4, 0.5) is 13.2 Å². The topological polar surface area (TPSA) is 96.2 Å². The zero-order valence-corrected chi connectivity index (χ0v) is 14.1. The number of hydrogen-bond donors (Lipinski definition) is 3. The Kier molecular flexibility index (Phi) is 5.57. The second-order valence-corrected chi connectivity index (χ2v) is 5.79. The molecule has 0 aliphatic carbocycles. The Hall–Kier alpha value is -2.59. The molecule has 1 heterocycles. The number of alkyl halides is 3. The number of halogens is 4. The lowest BCUT2D eigenvalue weighted by atomic mass is 9.97. The Morgan fingerprint density at radius 2 is 1.92 bits per heavy atom. The molecule has 0 saturated heterocycles. The van der Waals surface area contributed by atoms with Gasteiger partial charge in [-0.15, -0.1) is 0 Å². The number of hydrazine groups is 1. The van der Waals surface area contributed by atoms with Crippen LogP contribution in [0.5, 0.6) is 0 Å². The lowest BCUT2D eigenvalue weighted by molar-refractivity contribution is -0.271. The third kappa shape index (κ3) is 3.97. The van der Waals surface area contributed by atoms with E-state index in [4.69, 9.17) is 11.6 Å². The van der Waals surface area contributed by atoms with Gasteiger partial charge in [0, 0.05) is 19.4 Å². The predicted octanol–water partition coefficient (Wildman–Crippen LogP) is 1.67. The molecule has 11 heteroatoms. The molecule has 7 nitrogen and oxygen atoms in total. The lowest BCUT2D eigenvalue weighted by Gasteiger charge is -2.29. The van der Waals surface area contributed by atoms with Gasteiger partial charge in [-0.1, -0.05) is 23.7 Å². The molecule has 2 amide bonds. The number of nitrogens with zero attached hydrogens (tertiary/aromatic N) is 2. The number of rotatable bonds is 4. The molecule has 0 spiro atoms. The van der Waals surface area contributed by atoms with E-state index in [1.165, 1.54) is 31.4 Å². The van der Waals surface area contributed by atoms with Gasteiger partial charge in [-0.05, 0) is 12.1 Å². The molecule has 0 aliphatic heterocycles. The van der Waals surface area contributed by atoms with Crippen molar-refractivity contribution in [1.29, 1.82) is 0 Å². The second kappa shape index (κ2) is 7.34. The monoisotopic (exact) mass is 390 g/mol. The van der Waals surface area contributed by atoms with Crippen LogP contribution in [0.25, 0.3) is 0 Å². The summed E-state index contributed by atoms with van der Waals surface area (Å²) in [5.41, 5.74) is 0.263. The van der Waals surface area contributed by atoms with Crippen LogP contribution in [-0.2, 0) is 17.4 Å². The summed E-state index contributed by atoms with van der Waals surface area (Å²) in [5, 5.41) is 10.2. The van der Waals surface area contributed by atoms with E-state index in [1.807, 2.05) is 10.9 Å². The molecule has 3 N–H and O–H groups in total. The Labute approximate surface area is 150 Å². The molecule has 140 valence electrons. The molecule has 1 aromatic heterocycles. The van der Waals surface area contributed by atoms with Crippen LogP contribution >= 0.6 is 11.6 Å². The number of aromatic nitrogens is 2. The number of aliphatic hydroxyl groups is 1. The number of nitrogens with one attached hydrogen (secondary N) is 2. The van der Waals surface area contributed by atoms with Crippen LogP contribution < -0.4 is 10.9 Å². The number of benzene rings is 1. The molecule has 1 atom stereocenters. The minimum Gasteiger partial charge on any atom is -0.374 e. The minimum absolute atomic E-state index is 0.0182. The molecule has 0 aliphatic rings. The van der Waals surface area contributed by atoms with Gasteiger partial charge in [0.15, 0.2) is 5.82 Å². The highest BCUT2D eigenvalue weighted by molar-refractivity contribution is 6.33. The van der Waals surface area contributed by atoms with Gasteiger partial charge in [0.2, 0.25) is 11.5 Å². The fraction of sp³-hybridized carbons (Fsp3) is 0.267. The highest BCUT2D eigenvalue weighted by Crippen LogP contribution is 2.40. The van der Waals surface area contributed by atoms with E-state index in [0.29, 0.717) is 0 Å². The fourth-order valence-corrected chi connectivity index (χ4v) is 2.41. The molecule has 2 aromatic rings. The largest absolute Gasteiger partial charge is 0.425 e. The van der Waals surface area contributed by atoms with Gasteiger partial charge in [-0.25, -0.2) is 4.98 Å². The SMILES string of the molecule is Cn1ccnc1C(O)(CC(=O)NNC(=O)c1ccccc1Cl)C(F)(F)F. The van der Waals surface area contributed by atoms with Gasteiger partial charge in [-0.3, -0.25) is 20.4 Å². The summed E-state index contributed by atoms with van der Waals surface area (Å²) in [6.07, 6.45) is -4.31. The van der Waals surface area contributed by atoms with Gasteiger partial charge < -0.3 is 9.67 Å². The normalized spacial score (nSPS) is 13.8. The van der Waals surface area contributed by atoms with Crippen molar-refractivity contribution < 1.29 is 27.9 Å². The Balaban J connectivity index is 2.10. The average Bonchev–Trinajstić information content (AvgIpc) is 2.98. The van der Waals surface area contributed by atoms with Crippen molar-refractivity contribution in [3.05, 3.63) is 53.1 Å². The maximum Gasteiger partial charge on any atom is 0.425 e. The van der Waals surface area contributed by atoms with Crippen LogP contribution in [0, 0.1) is 0 Å². The molecule has 1 unspecified atom stereocenters. The van der Waals surface area contributed by atoms with Gasteiger partial charge in [-0.2, -0.15) is 13.2 Å². The van der Waals surface area contributed by atoms with Crippen molar-refractivity contribution in [3.63, 3.8) is 0 Å². The predicted molar refractivity (Wildman–Crippen MR) is 84.8 cm³/mol. The quantitative estimate of drug-likeness (QED) is 0.692.